The van der Waals surface area contributed by atoms with Crippen molar-refractivity contribution >= 4 is 29.5 Å². The van der Waals surface area contributed by atoms with Crippen LogP contribution in [0.2, 0.25) is 0 Å². The molecule has 0 heterocycles. The highest BCUT2D eigenvalue weighted by molar-refractivity contribution is 5.94. The molecule has 0 spiro atoms. The zero-order chi connectivity index (χ0) is 18.7. The van der Waals surface area contributed by atoms with Gasteiger partial charge < -0.3 is 14.2 Å². The van der Waals surface area contributed by atoms with Gasteiger partial charge in [0.05, 0.1) is 0 Å². The van der Waals surface area contributed by atoms with Crippen molar-refractivity contribution in [3.05, 3.63) is 0 Å². The lowest BCUT2D eigenvalue weighted by Crippen LogP contribution is -2.31. The molecule has 0 rings (SSSR count). The summed E-state index contributed by atoms with van der Waals surface area (Å²) in [4.78, 5) is 56.1. The molecule has 0 saturated heterocycles. The Balaban J connectivity index is 4.55. The second-order valence-corrected chi connectivity index (χ2v) is 5.83. The number of Topliss-reactive ketones (excluding diaryl/α,β-unsaturated/α-hetero) is 2. The van der Waals surface area contributed by atoms with E-state index in [0.29, 0.717) is 0 Å². The van der Waals surface area contributed by atoms with Gasteiger partial charge in [0, 0.05) is 6.42 Å². The maximum Gasteiger partial charge on any atom is 0.313 e. The molecular formula is C16H24O8. The van der Waals surface area contributed by atoms with Gasteiger partial charge in [-0.3, -0.25) is 24.0 Å². The summed E-state index contributed by atoms with van der Waals surface area (Å²) >= 11 is 0. The predicted octanol–water partition coefficient (Wildman–Crippen LogP) is 0.989. The average molecular weight is 344 g/mol. The molecule has 0 fully saturated rings. The zero-order valence-corrected chi connectivity index (χ0v) is 14.5. The Morgan fingerprint density at radius 3 is 1.50 bits per heavy atom. The zero-order valence-electron chi connectivity index (χ0n) is 14.5. The van der Waals surface area contributed by atoms with Crippen LogP contribution in [0, 0.1) is 5.92 Å². The molecule has 0 saturated carbocycles. The molecule has 8 nitrogen and oxygen atoms in total. The molecule has 136 valence electrons. The minimum absolute atomic E-state index is 0.0682. The maximum absolute atomic E-state index is 11.7. The first-order chi connectivity index (χ1) is 11.1. The predicted molar refractivity (Wildman–Crippen MR) is 81.8 cm³/mol. The van der Waals surface area contributed by atoms with Gasteiger partial charge in [0.1, 0.15) is 37.6 Å². The largest absolute Gasteiger partial charge is 0.461 e. The summed E-state index contributed by atoms with van der Waals surface area (Å²) in [6, 6.07) is 0. The third-order valence-electron chi connectivity index (χ3n) is 2.52. The van der Waals surface area contributed by atoms with E-state index in [1.807, 2.05) is 13.8 Å². The van der Waals surface area contributed by atoms with E-state index in [2.05, 4.69) is 0 Å². The molecular weight excluding hydrogens is 320 g/mol. The van der Waals surface area contributed by atoms with Gasteiger partial charge in [-0.05, 0) is 19.8 Å². The molecule has 0 unspecified atom stereocenters. The molecule has 0 aromatic heterocycles. The van der Waals surface area contributed by atoms with E-state index in [1.165, 1.54) is 13.8 Å². The summed E-state index contributed by atoms with van der Waals surface area (Å²) in [5, 5.41) is 0. The van der Waals surface area contributed by atoms with Gasteiger partial charge in [-0.2, -0.15) is 0 Å². The van der Waals surface area contributed by atoms with Crippen molar-refractivity contribution in [1.82, 2.24) is 0 Å². The van der Waals surface area contributed by atoms with Gasteiger partial charge in [0.15, 0.2) is 6.10 Å². The normalized spacial score (nSPS) is 10.4. The Morgan fingerprint density at radius 2 is 1.17 bits per heavy atom. The molecule has 0 N–H and O–H groups in total. The molecule has 0 aliphatic rings. The summed E-state index contributed by atoms with van der Waals surface area (Å²) in [6.45, 7) is 5.45. The fraction of sp³-hybridized carbons (Fsp3) is 0.688. The lowest BCUT2D eigenvalue weighted by molar-refractivity contribution is -0.167. The SMILES string of the molecule is CC(=O)CC(=O)OCC(COC(=O)CC(C)=O)OC(=O)CC(C)C. The van der Waals surface area contributed by atoms with Gasteiger partial charge in [0.2, 0.25) is 0 Å². The number of rotatable bonds is 11. The van der Waals surface area contributed by atoms with E-state index < -0.39 is 36.9 Å². The number of esters is 3. The van der Waals surface area contributed by atoms with Gasteiger partial charge in [0.25, 0.3) is 0 Å². The Morgan fingerprint density at radius 1 is 0.750 bits per heavy atom. The lowest BCUT2D eigenvalue weighted by atomic mass is 10.1. The van der Waals surface area contributed by atoms with Crippen LogP contribution in [0.5, 0.6) is 0 Å². The summed E-state index contributed by atoms with van der Waals surface area (Å²) in [6.07, 6.45) is -1.63. The van der Waals surface area contributed by atoms with Crippen LogP contribution in [-0.4, -0.2) is 48.8 Å². The van der Waals surface area contributed by atoms with Crippen molar-refractivity contribution in [1.29, 1.82) is 0 Å². The monoisotopic (exact) mass is 344 g/mol. The van der Waals surface area contributed by atoms with Crippen LogP contribution in [-0.2, 0) is 38.2 Å². The third kappa shape index (κ3) is 12.3. The number of ether oxygens (including phenoxy) is 3. The van der Waals surface area contributed by atoms with E-state index in [4.69, 9.17) is 14.2 Å². The van der Waals surface area contributed by atoms with Crippen molar-refractivity contribution < 1.29 is 38.2 Å². The lowest BCUT2D eigenvalue weighted by Gasteiger charge is -2.18. The first-order valence-electron chi connectivity index (χ1n) is 7.59. The average Bonchev–Trinajstić information content (AvgIpc) is 2.39. The van der Waals surface area contributed by atoms with Crippen molar-refractivity contribution in [2.75, 3.05) is 13.2 Å². The van der Waals surface area contributed by atoms with E-state index in [1.54, 1.807) is 0 Å². The van der Waals surface area contributed by atoms with Gasteiger partial charge in [-0.15, -0.1) is 0 Å². The highest BCUT2D eigenvalue weighted by Gasteiger charge is 2.20. The van der Waals surface area contributed by atoms with Gasteiger partial charge in [-0.25, -0.2) is 0 Å². The van der Waals surface area contributed by atoms with E-state index >= 15 is 0 Å². The van der Waals surface area contributed by atoms with Crippen LogP contribution in [0.3, 0.4) is 0 Å². The Hall–Kier alpha value is -2.25. The van der Waals surface area contributed by atoms with Crippen LogP contribution < -0.4 is 0 Å². The molecule has 0 amide bonds. The van der Waals surface area contributed by atoms with Crippen molar-refractivity contribution in [3.8, 4) is 0 Å². The third-order valence-corrected chi connectivity index (χ3v) is 2.52. The van der Waals surface area contributed by atoms with E-state index in [9.17, 15) is 24.0 Å². The summed E-state index contributed by atoms with van der Waals surface area (Å²) < 4.78 is 14.8. The van der Waals surface area contributed by atoms with E-state index in [0.717, 1.165) is 0 Å². The first-order valence-corrected chi connectivity index (χ1v) is 7.59. The molecule has 0 aromatic carbocycles. The number of ketones is 2. The number of carbonyl (C=O) groups excluding carboxylic acids is 5. The molecule has 0 atom stereocenters. The minimum Gasteiger partial charge on any atom is -0.461 e. The molecule has 0 aliphatic carbocycles. The first kappa shape index (κ1) is 21.8. The van der Waals surface area contributed by atoms with Crippen LogP contribution in [0.4, 0.5) is 0 Å². The fourth-order valence-electron chi connectivity index (χ4n) is 1.56. The van der Waals surface area contributed by atoms with Crippen molar-refractivity contribution in [3.63, 3.8) is 0 Å². The quantitative estimate of drug-likeness (QED) is 0.310. The molecule has 24 heavy (non-hydrogen) atoms. The maximum atomic E-state index is 11.7. The summed E-state index contributed by atoms with van der Waals surface area (Å²) in [7, 11) is 0. The molecule has 8 heteroatoms. The van der Waals surface area contributed by atoms with E-state index in [-0.39, 0.29) is 37.1 Å². The molecule has 0 aromatic rings. The number of hydrogen-bond acceptors (Lipinski definition) is 8. The second-order valence-electron chi connectivity index (χ2n) is 5.83. The smallest absolute Gasteiger partial charge is 0.313 e. The standard InChI is InChI=1S/C16H24O8/c1-10(2)5-16(21)24-13(8-22-14(19)6-11(3)17)9-23-15(20)7-12(4)18/h10,13H,5-9H2,1-4H3. The van der Waals surface area contributed by atoms with Gasteiger partial charge >= 0.3 is 17.9 Å². The molecule has 0 aliphatic heterocycles. The Labute approximate surface area is 140 Å². The van der Waals surface area contributed by atoms with Crippen LogP contribution in [0.15, 0.2) is 0 Å². The summed E-state index contributed by atoms with van der Waals surface area (Å²) in [5.74, 6) is -2.70. The van der Waals surface area contributed by atoms with Crippen LogP contribution >= 0.6 is 0 Å². The highest BCUT2D eigenvalue weighted by Crippen LogP contribution is 2.06. The number of carbonyl (C=O) groups is 5. The van der Waals surface area contributed by atoms with Crippen molar-refractivity contribution in [2.45, 2.75) is 53.1 Å². The molecule has 0 radical (unpaired) electrons. The minimum atomic E-state index is -0.997. The summed E-state index contributed by atoms with van der Waals surface area (Å²) in [5.41, 5.74) is 0. The second kappa shape index (κ2) is 11.3. The Bertz CT molecular complexity index is 448. The Kier molecular flexibility index (Phi) is 10.3. The molecule has 0 bridgehead atoms. The fourth-order valence-corrected chi connectivity index (χ4v) is 1.56. The van der Waals surface area contributed by atoms with Crippen molar-refractivity contribution in [2.24, 2.45) is 5.92 Å². The number of hydrogen-bond donors (Lipinski definition) is 0. The highest BCUT2D eigenvalue weighted by atomic mass is 16.6. The van der Waals surface area contributed by atoms with Crippen LogP contribution in [0.1, 0.15) is 47.0 Å². The van der Waals surface area contributed by atoms with Crippen LogP contribution in [0.25, 0.3) is 0 Å². The van der Waals surface area contributed by atoms with Gasteiger partial charge in [-0.1, -0.05) is 13.8 Å². The topological polar surface area (TPSA) is 113 Å².